The first-order chi connectivity index (χ1) is 21.8. The molecule has 1 saturated carbocycles. The van der Waals surface area contributed by atoms with E-state index in [-0.39, 0.29) is 6.04 Å². The second kappa shape index (κ2) is 15.6. The number of nitrogens with one attached hydrogen (secondary N) is 1. The Bertz CT molecular complexity index is 1380. The molecule has 2 fully saturated rings. The summed E-state index contributed by atoms with van der Waals surface area (Å²) in [6.45, 7) is 5.46. The summed E-state index contributed by atoms with van der Waals surface area (Å²) in [6, 6.07) is 8.28. The predicted molar refractivity (Wildman–Crippen MR) is 163 cm³/mol. The van der Waals surface area contributed by atoms with Gasteiger partial charge in [-0.1, -0.05) is 23.9 Å². The Hall–Kier alpha value is -3.23. The van der Waals surface area contributed by atoms with Gasteiger partial charge >= 0.3 is 18.3 Å². The molecule has 1 aliphatic carbocycles. The molecule has 2 aromatic carbocycles. The van der Waals surface area contributed by atoms with Crippen molar-refractivity contribution < 1.29 is 45.8 Å². The highest BCUT2D eigenvalue weighted by atomic mass is 32.2. The molecule has 2 aliphatic rings. The van der Waals surface area contributed by atoms with Gasteiger partial charge in [0, 0.05) is 66.9 Å². The van der Waals surface area contributed by atoms with Crippen LogP contribution in [0.3, 0.4) is 0 Å². The van der Waals surface area contributed by atoms with Crippen LogP contribution in [0.25, 0.3) is 6.08 Å². The van der Waals surface area contributed by atoms with Crippen LogP contribution < -0.4 is 5.32 Å². The average molecular weight is 674 g/mol. The van der Waals surface area contributed by atoms with Crippen LogP contribution in [0.2, 0.25) is 0 Å². The molecule has 252 valence electrons. The highest BCUT2D eigenvalue weighted by molar-refractivity contribution is 7.99. The fraction of sp³-hybridized carbons (Fsp3) is 0.500. The summed E-state index contributed by atoms with van der Waals surface area (Å²) < 4.78 is 91.3. The van der Waals surface area contributed by atoms with E-state index in [1.807, 2.05) is 6.92 Å². The molecule has 2 aromatic rings. The number of rotatable bonds is 11. The molecule has 0 unspecified atom stereocenters. The highest BCUT2D eigenvalue weighted by Gasteiger charge is 2.46. The van der Waals surface area contributed by atoms with E-state index in [1.54, 1.807) is 18.2 Å². The van der Waals surface area contributed by atoms with Crippen LogP contribution in [-0.2, 0) is 26.7 Å². The topological polar surface area (TPSA) is 82.1 Å². The van der Waals surface area contributed by atoms with Gasteiger partial charge in [-0.3, -0.25) is 14.5 Å². The van der Waals surface area contributed by atoms with Crippen molar-refractivity contribution in [2.24, 2.45) is 5.92 Å². The normalized spacial score (nSPS) is 19.8. The molecule has 14 heteroatoms. The quantitative estimate of drug-likeness (QED) is 0.149. The molecule has 7 nitrogen and oxygen atoms in total. The molecule has 1 saturated heterocycles. The Kier molecular flexibility index (Phi) is 12.1. The lowest BCUT2D eigenvalue weighted by atomic mass is 9.86. The van der Waals surface area contributed by atoms with E-state index < -0.39 is 51.7 Å². The zero-order valence-corrected chi connectivity index (χ0v) is 26.1. The third kappa shape index (κ3) is 9.64. The minimum Gasteiger partial charge on any atom is -0.481 e. The molecule has 0 aromatic heterocycles. The van der Waals surface area contributed by atoms with E-state index in [0.29, 0.717) is 94.0 Å². The number of carboxylic acids is 1. The molecule has 1 amide bonds. The van der Waals surface area contributed by atoms with Crippen LogP contribution in [0.4, 0.5) is 32.0 Å². The summed E-state index contributed by atoms with van der Waals surface area (Å²) in [5.74, 6) is -1.83. The van der Waals surface area contributed by atoms with Crippen LogP contribution in [0, 0.1) is 5.92 Å². The summed E-state index contributed by atoms with van der Waals surface area (Å²) in [5.41, 5.74) is -3.84. The van der Waals surface area contributed by atoms with Gasteiger partial charge in [0.05, 0.1) is 23.7 Å². The number of hydrogen-bond donors (Lipinski definition) is 2. The number of hydrogen-bond acceptors (Lipinski definition) is 6. The van der Waals surface area contributed by atoms with Crippen molar-refractivity contribution in [1.82, 2.24) is 9.80 Å². The van der Waals surface area contributed by atoms with E-state index in [0.717, 1.165) is 24.3 Å². The zero-order chi connectivity index (χ0) is 33.5. The number of benzene rings is 2. The maximum Gasteiger partial charge on any atom is 0.418 e. The van der Waals surface area contributed by atoms with Gasteiger partial charge in [0.1, 0.15) is 0 Å². The average Bonchev–Trinajstić information content (AvgIpc) is 3.00. The smallest absolute Gasteiger partial charge is 0.418 e. The lowest BCUT2D eigenvalue weighted by Crippen LogP contribution is -2.49. The number of carbonyl (C=O) groups is 2. The Morgan fingerprint density at radius 3 is 2.26 bits per heavy atom. The minimum atomic E-state index is -5.35. The standard InChI is InChI=1S/C32H37F6N3O4S/c1-2-45-19-18-40-14-16-41(17-15-40)27(42)13-9-21-8-12-26(29(32(36,37)38)28(21)31(33,34)35)46-25-5-3-4-24(20-25)39-23-10-6-22(7-11-23)30(43)44/h3-5,8-9,12-13,20,22-23,39H,2,6-7,10-11,14-19H2,1H3,(H,43,44)/b13-9+/t22-,23-. The first-order valence-electron chi connectivity index (χ1n) is 15.1. The number of ether oxygens (including phenoxy) is 1. The van der Waals surface area contributed by atoms with Gasteiger partial charge in [0.25, 0.3) is 0 Å². The van der Waals surface area contributed by atoms with Crippen LogP contribution in [0.5, 0.6) is 0 Å². The van der Waals surface area contributed by atoms with E-state index in [9.17, 15) is 41.0 Å². The van der Waals surface area contributed by atoms with Gasteiger partial charge in [-0.05, 0) is 68.5 Å². The monoisotopic (exact) mass is 673 g/mol. The van der Waals surface area contributed by atoms with Crippen molar-refractivity contribution in [3.05, 3.63) is 59.2 Å². The van der Waals surface area contributed by atoms with Crippen molar-refractivity contribution in [3.63, 3.8) is 0 Å². The van der Waals surface area contributed by atoms with E-state index in [4.69, 9.17) is 4.74 Å². The number of carboxylic acid groups (broad SMARTS) is 1. The van der Waals surface area contributed by atoms with Gasteiger partial charge in [0.15, 0.2) is 0 Å². The van der Waals surface area contributed by atoms with Gasteiger partial charge < -0.3 is 20.1 Å². The number of anilines is 1. The van der Waals surface area contributed by atoms with E-state index in [2.05, 4.69) is 10.2 Å². The third-order valence-electron chi connectivity index (χ3n) is 8.12. The highest BCUT2D eigenvalue weighted by Crippen LogP contribution is 2.48. The lowest BCUT2D eigenvalue weighted by Gasteiger charge is -2.34. The lowest BCUT2D eigenvalue weighted by molar-refractivity contribution is -0.163. The summed E-state index contributed by atoms with van der Waals surface area (Å²) >= 11 is 0.564. The Morgan fingerprint density at radius 1 is 0.978 bits per heavy atom. The number of nitrogens with zero attached hydrogens (tertiary/aromatic N) is 2. The summed E-state index contributed by atoms with van der Waals surface area (Å²) in [7, 11) is 0. The number of piperazine rings is 1. The van der Waals surface area contributed by atoms with Crippen molar-refractivity contribution in [2.45, 2.75) is 60.8 Å². The van der Waals surface area contributed by atoms with Gasteiger partial charge in [-0.2, -0.15) is 26.3 Å². The third-order valence-corrected chi connectivity index (χ3v) is 9.17. The zero-order valence-electron chi connectivity index (χ0n) is 25.3. The fourth-order valence-electron chi connectivity index (χ4n) is 5.70. The first kappa shape index (κ1) is 35.6. The van der Waals surface area contributed by atoms with Crippen molar-refractivity contribution >= 4 is 35.4 Å². The Morgan fingerprint density at radius 2 is 1.65 bits per heavy atom. The summed E-state index contributed by atoms with van der Waals surface area (Å²) in [5, 5.41) is 12.5. The number of aliphatic carboxylic acids is 1. The molecule has 1 aliphatic heterocycles. The van der Waals surface area contributed by atoms with Gasteiger partial charge in [-0.25, -0.2) is 0 Å². The second-order valence-corrected chi connectivity index (χ2v) is 12.4. The van der Waals surface area contributed by atoms with Crippen LogP contribution >= 0.6 is 11.8 Å². The summed E-state index contributed by atoms with van der Waals surface area (Å²) in [6.07, 6.45) is -6.80. The number of amides is 1. The van der Waals surface area contributed by atoms with Crippen LogP contribution in [0.1, 0.15) is 49.3 Å². The molecule has 0 bridgehead atoms. The molecule has 2 N–H and O–H groups in total. The Labute approximate surface area is 268 Å². The van der Waals surface area contributed by atoms with Crippen LogP contribution in [0.15, 0.2) is 52.3 Å². The number of alkyl halides is 6. The minimum absolute atomic E-state index is 0.0310. The molecule has 0 radical (unpaired) electrons. The fourth-order valence-corrected chi connectivity index (χ4v) is 6.75. The molecular formula is C32H37F6N3O4S. The summed E-state index contributed by atoms with van der Waals surface area (Å²) in [4.78, 5) is 27.2. The van der Waals surface area contributed by atoms with Crippen molar-refractivity contribution in [3.8, 4) is 0 Å². The predicted octanol–water partition coefficient (Wildman–Crippen LogP) is 7.12. The van der Waals surface area contributed by atoms with E-state index >= 15 is 0 Å². The van der Waals surface area contributed by atoms with E-state index in [1.165, 1.54) is 11.0 Å². The van der Waals surface area contributed by atoms with Crippen molar-refractivity contribution in [2.75, 3.05) is 51.3 Å². The number of carbonyl (C=O) groups excluding carboxylic acids is 1. The van der Waals surface area contributed by atoms with Crippen molar-refractivity contribution in [1.29, 1.82) is 0 Å². The maximum atomic E-state index is 14.4. The first-order valence-corrected chi connectivity index (χ1v) is 15.9. The largest absolute Gasteiger partial charge is 0.481 e. The van der Waals surface area contributed by atoms with Gasteiger partial charge in [-0.15, -0.1) is 0 Å². The maximum absolute atomic E-state index is 14.4. The molecule has 0 atom stereocenters. The SMILES string of the molecule is CCOCCN1CCN(C(=O)/C=C/c2ccc(Sc3cccc(N[C@H]4CC[C@H](C(=O)O)CC4)c3)c(C(F)(F)F)c2C(F)(F)F)CC1. The molecule has 4 rings (SSSR count). The van der Waals surface area contributed by atoms with Gasteiger partial charge in [0.2, 0.25) is 5.91 Å². The molecule has 0 spiro atoms. The van der Waals surface area contributed by atoms with Crippen LogP contribution in [-0.4, -0.2) is 78.8 Å². The molecule has 46 heavy (non-hydrogen) atoms. The second-order valence-electron chi connectivity index (χ2n) is 11.3. The molecule has 1 heterocycles. The molecular weight excluding hydrogens is 636 g/mol. The Balaban J connectivity index is 1.52. The number of halogens is 6.